The van der Waals surface area contributed by atoms with Crippen molar-refractivity contribution in [3.05, 3.63) is 93.5 Å². The van der Waals surface area contributed by atoms with Crippen LogP contribution in [0.25, 0.3) is 6.08 Å². The first kappa shape index (κ1) is 24.2. The van der Waals surface area contributed by atoms with Gasteiger partial charge in [-0.15, -0.1) is 0 Å². The number of hydrogen-bond acceptors (Lipinski definition) is 5. The minimum absolute atomic E-state index is 0.167. The zero-order valence-electron chi connectivity index (χ0n) is 19.2. The van der Waals surface area contributed by atoms with Crippen molar-refractivity contribution >= 4 is 45.5 Å². The molecule has 35 heavy (non-hydrogen) atoms. The van der Waals surface area contributed by atoms with Gasteiger partial charge in [-0.1, -0.05) is 48.5 Å². The number of aryl methyl sites for hydroxylation is 1. The van der Waals surface area contributed by atoms with Gasteiger partial charge >= 0.3 is 6.03 Å². The molecule has 4 amide bonds. The van der Waals surface area contributed by atoms with Crippen LogP contribution in [-0.4, -0.2) is 24.5 Å². The van der Waals surface area contributed by atoms with Gasteiger partial charge in [0, 0.05) is 0 Å². The van der Waals surface area contributed by atoms with Crippen molar-refractivity contribution in [3.8, 4) is 11.5 Å². The summed E-state index contributed by atoms with van der Waals surface area (Å²) < 4.78 is 12.4. The summed E-state index contributed by atoms with van der Waals surface area (Å²) in [6.45, 7) is 4.37. The highest BCUT2D eigenvalue weighted by molar-refractivity contribution is 9.10. The van der Waals surface area contributed by atoms with Crippen LogP contribution >= 0.6 is 15.9 Å². The topological polar surface area (TPSA) is 84.9 Å². The van der Waals surface area contributed by atoms with E-state index in [0.29, 0.717) is 40.4 Å². The summed E-state index contributed by atoms with van der Waals surface area (Å²) >= 11 is 3.52. The Morgan fingerprint density at radius 1 is 0.971 bits per heavy atom. The van der Waals surface area contributed by atoms with Gasteiger partial charge in [0.15, 0.2) is 11.5 Å². The van der Waals surface area contributed by atoms with Crippen LogP contribution in [0.4, 0.5) is 10.5 Å². The molecule has 0 aromatic heterocycles. The van der Waals surface area contributed by atoms with E-state index in [4.69, 9.17) is 9.47 Å². The number of amides is 4. The number of rotatable bonds is 7. The molecule has 8 heteroatoms. The molecule has 4 rings (SSSR count). The van der Waals surface area contributed by atoms with Gasteiger partial charge in [-0.2, -0.15) is 0 Å². The van der Waals surface area contributed by atoms with Gasteiger partial charge < -0.3 is 9.47 Å². The number of carbonyl (C=O) groups is 3. The first-order valence-corrected chi connectivity index (χ1v) is 11.8. The van der Waals surface area contributed by atoms with E-state index in [9.17, 15) is 14.4 Å². The van der Waals surface area contributed by atoms with Crippen LogP contribution in [0.1, 0.15) is 23.6 Å². The number of nitrogens with one attached hydrogen (secondary N) is 1. The number of barbiturate groups is 1. The summed E-state index contributed by atoms with van der Waals surface area (Å²) in [5, 5.41) is 2.25. The Morgan fingerprint density at radius 2 is 1.69 bits per heavy atom. The number of anilines is 1. The Hall–Kier alpha value is -3.91. The van der Waals surface area contributed by atoms with Gasteiger partial charge in [-0.3, -0.25) is 14.9 Å². The predicted octanol–water partition coefficient (Wildman–Crippen LogP) is 5.40. The van der Waals surface area contributed by atoms with Crippen molar-refractivity contribution in [2.24, 2.45) is 0 Å². The molecular formula is C27H23BrN2O5. The number of carbonyl (C=O) groups excluding carboxylic acids is 3. The van der Waals surface area contributed by atoms with Crippen molar-refractivity contribution < 1.29 is 23.9 Å². The molecule has 0 radical (unpaired) electrons. The van der Waals surface area contributed by atoms with E-state index < -0.39 is 17.8 Å². The van der Waals surface area contributed by atoms with E-state index in [0.717, 1.165) is 16.0 Å². The Labute approximate surface area is 211 Å². The number of benzene rings is 3. The number of imide groups is 2. The van der Waals surface area contributed by atoms with E-state index in [-0.39, 0.29) is 5.57 Å². The molecule has 0 bridgehead atoms. The maximum absolute atomic E-state index is 13.2. The van der Waals surface area contributed by atoms with Crippen molar-refractivity contribution in [2.45, 2.75) is 20.5 Å². The van der Waals surface area contributed by atoms with Crippen molar-refractivity contribution in [1.82, 2.24) is 5.32 Å². The Morgan fingerprint density at radius 3 is 2.40 bits per heavy atom. The van der Waals surface area contributed by atoms with E-state index in [1.807, 2.05) is 37.3 Å². The molecule has 0 spiro atoms. The average Bonchev–Trinajstić information content (AvgIpc) is 2.83. The molecule has 0 aliphatic carbocycles. The fourth-order valence-corrected chi connectivity index (χ4v) is 4.24. The molecule has 0 unspecified atom stereocenters. The molecule has 1 heterocycles. The van der Waals surface area contributed by atoms with E-state index in [1.165, 1.54) is 6.08 Å². The highest BCUT2D eigenvalue weighted by Gasteiger charge is 2.37. The number of hydrogen-bond donors (Lipinski definition) is 1. The predicted molar refractivity (Wildman–Crippen MR) is 136 cm³/mol. The standard InChI is InChI=1S/C27H23BrN2O5/c1-3-34-23-15-19(14-21(28)24(23)35-16-18-10-5-4-6-11-18)13-20-25(31)29-27(33)30(26(20)32)22-12-8-7-9-17(22)2/h4-15H,3,16H2,1-2H3,(H,29,31,33)/b20-13+. The van der Waals surface area contributed by atoms with Gasteiger partial charge in [0.1, 0.15) is 12.2 Å². The summed E-state index contributed by atoms with van der Waals surface area (Å²) in [6, 6.07) is 19.3. The second-order valence-corrected chi connectivity index (χ2v) is 8.64. The van der Waals surface area contributed by atoms with Gasteiger partial charge in [0.05, 0.1) is 16.8 Å². The van der Waals surface area contributed by atoms with Gasteiger partial charge in [0.2, 0.25) is 0 Å². The third-order valence-electron chi connectivity index (χ3n) is 5.33. The minimum atomic E-state index is -0.785. The van der Waals surface area contributed by atoms with E-state index in [2.05, 4.69) is 21.2 Å². The fourth-order valence-electron chi connectivity index (χ4n) is 3.66. The lowest BCUT2D eigenvalue weighted by atomic mass is 10.1. The van der Waals surface area contributed by atoms with Crippen molar-refractivity contribution in [3.63, 3.8) is 0 Å². The van der Waals surface area contributed by atoms with Crippen LogP contribution in [0.3, 0.4) is 0 Å². The molecule has 1 aliphatic heterocycles. The summed E-state index contributed by atoms with van der Waals surface area (Å²) in [5.41, 5.74) is 2.50. The number of para-hydroxylation sites is 1. The first-order chi connectivity index (χ1) is 16.9. The van der Waals surface area contributed by atoms with E-state index >= 15 is 0 Å². The molecule has 3 aromatic rings. The monoisotopic (exact) mass is 534 g/mol. The Kier molecular flexibility index (Phi) is 7.31. The minimum Gasteiger partial charge on any atom is -0.490 e. The summed E-state index contributed by atoms with van der Waals surface area (Å²) in [7, 11) is 0. The highest BCUT2D eigenvalue weighted by atomic mass is 79.9. The van der Waals surface area contributed by atoms with Gasteiger partial charge in [-0.05, 0) is 70.7 Å². The Balaban J connectivity index is 1.68. The first-order valence-electron chi connectivity index (χ1n) is 11.0. The molecule has 1 N–H and O–H groups in total. The molecule has 7 nitrogen and oxygen atoms in total. The molecule has 0 saturated carbocycles. The largest absolute Gasteiger partial charge is 0.490 e. The molecule has 178 valence electrons. The number of nitrogens with zero attached hydrogens (tertiary/aromatic N) is 1. The second kappa shape index (κ2) is 10.6. The molecule has 0 atom stereocenters. The lowest BCUT2D eigenvalue weighted by molar-refractivity contribution is -0.122. The summed E-state index contributed by atoms with van der Waals surface area (Å²) in [5.74, 6) is -0.496. The Bertz CT molecular complexity index is 1320. The number of urea groups is 1. The van der Waals surface area contributed by atoms with Crippen LogP contribution < -0.4 is 19.7 Å². The SMILES string of the molecule is CCOc1cc(/C=C2\C(=O)NC(=O)N(c3ccccc3C)C2=O)cc(Br)c1OCc1ccccc1. The second-order valence-electron chi connectivity index (χ2n) is 7.78. The average molecular weight is 535 g/mol. The van der Waals surface area contributed by atoms with Crippen LogP contribution in [0, 0.1) is 6.92 Å². The molecule has 1 saturated heterocycles. The fraction of sp³-hybridized carbons (Fsp3) is 0.148. The maximum Gasteiger partial charge on any atom is 0.335 e. The van der Waals surface area contributed by atoms with Gasteiger partial charge in [-0.25, -0.2) is 9.69 Å². The van der Waals surface area contributed by atoms with Crippen LogP contribution in [0.15, 0.2) is 76.8 Å². The number of halogens is 1. The number of ether oxygens (including phenoxy) is 2. The molecule has 1 fully saturated rings. The van der Waals surface area contributed by atoms with Gasteiger partial charge in [0.25, 0.3) is 11.8 Å². The zero-order chi connectivity index (χ0) is 24.9. The van der Waals surface area contributed by atoms with Crippen molar-refractivity contribution in [1.29, 1.82) is 0 Å². The van der Waals surface area contributed by atoms with Crippen LogP contribution in [0.2, 0.25) is 0 Å². The normalized spacial score (nSPS) is 14.8. The van der Waals surface area contributed by atoms with E-state index in [1.54, 1.807) is 43.3 Å². The zero-order valence-corrected chi connectivity index (χ0v) is 20.8. The highest BCUT2D eigenvalue weighted by Crippen LogP contribution is 2.38. The molecular weight excluding hydrogens is 512 g/mol. The smallest absolute Gasteiger partial charge is 0.335 e. The maximum atomic E-state index is 13.2. The summed E-state index contributed by atoms with van der Waals surface area (Å²) in [4.78, 5) is 39.3. The third-order valence-corrected chi connectivity index (χ3v) is 5.92. The third kappa shape index (κ3) is 5.27. The lowest BCUT2D eigenvalue weighted by Crippen LogP contribution is -2.54. The lowest BCUT2D eigenvalue weighted by Gasteiger charge is -2.27. The van der Waals surface area contributed by atoms with Crippen LogP contribution in [-0.2, 0) is 16.2 Å². The van der Waals surface area contributed by atoms with Crippen molar-refractivity contribution in [2.75, 3.05) is 11.5 Å². The van der Waals surface area contributed by atoms with Crippen LogP contribution in [0.5, 0.6) is 11.5 Å². The summed E-state index contributed by atoms with van der Waals surface area (Å²) in [6.07, 6.45) is 1.43. The quantitative estimate of drug-likeness (QED) is 0.324. The molecule has 1 aliphatic rings. The molecule has 3 aromatic carbocycles.